The summed E-state index contributed by atoms with van der Waals surface area (Å²) in [5.41, 5.74) is 3.72. The van der Waals surface area contributed by atoms with Crippen molar-refractivity contribution in [3.8, 4) is 22.5 Å². The summed E-state index contributed by atoms with van der Waals surface area (Å²) in [4.78, 5) is 26.7. The second-order valence-corrected chi connectivity index (χ2v) is 10.8. The average molecular weight is 557 g/mol. The molecule has 4 aromatic rings. The number of amides is 1. The highest BCUT2D eigenvalue weighted by Gasteiger charge is 2.23. The van der Waals surface area contributed by atoms with Crippen LogP contribution in [0.15, 0.2) is 52.8 Å². The van der Waals surface area contributed by atoms with E-state index < -0.39 is 5.97 Å². The molecule has 0 aliphatic carbocycles. The van der Waals surface area contributed by atoms with Crippen molar-refractivity contribution in [1.82, 2.24) is 14.8 Å². The maximum Gasteiger partial charge on any atom is 0.341 e. The van der Waals surface area contributed by atoms with E-state index in [4.69, 9.17) is 4.74 Å². The average Bonchev–Trinajstić information content (AvgIpc) is 3.59. The number of aryl methyl sites for hydroxylation is 1. The minimum atomic E-state index is -0.586. The summed E-state index contributed by atoms with van der Waals surface area (Å²) in [6, 6.07) is 5.79. The molecular formula is C26H25FN4O3S3. The minimum absolute atomic E-state index is 0.0585. The molecule has 3 aromatic heterocycles. The van der Waals surface area contributed by atoms with E-state index in [0.29, 0.717) is 27.8 Å². The molecule has 3 heterocycles. The molecule has 7 nitrogen and oxygen atoms in total. The van der Waals surface area contributed by atoms with Gasteiger partial charge in [-0.2, -0.15) is 0 Å². The van der Waals surface area contributed by atoms with Crippen LogP contribution < -0.4 is 5.32 Å². The smallest absolute Gasteiger partial charge is 0.341 e. The molecule has 192 valence electrons. The number of methoxy groups -OCH3 is 1. The fourth-order valence-electron chi connectivity index (χ4n) is 3.88. The van der Waals surface area contributed by atoms with Crippen LogP contribution >= 0.6 is 34.4 Å². The first-order valence-electron chi connectivity index (χ1n) is 11.4. The Balaban J connectivity index is 1.53. The number of hydrogen-bond acceptors (Lipinski definition) is 8. The lowest BCUT2D eigenvalue weighted by atomic mass is 10.0. The number of ether oxygens (including phenoxy) is 1. The lowest BCUT2D eigenvalue weighted by Gasteiger charge is -2.09. The Morgan fingerprint density at radius 3 is 2.59 bits per heavy atom. The molecular weight excluding hydrogens is 532 g/mol. The predicted octanol–water partition coefficient (Wildman–Crippen LogP) is 6.45. The topological polar surface area (TPSA) is 86.1 Å². The summed E-state index contributed by atoms with van der Waals surface area (Å²) in [5, 5.41) is 16.4. The highest BCUT2D eigenvalue weighted by Crippen LogP contribution is 2.37. The van der Waals surface area contributed by atoms with Gasteiger partial charge in [-0.05, 0) is 36.6 Å². The number of carbonyl (C=O) groups excluding carboxylic acids is 2. The first kappa shape index (κ1) is 26.8. The summed E-state index contributed by atoms with van der Waals surface area (Å²) < 4.78 is 20.3. The number of aromatic nitrogens is 3. The van der Waals surface area contributed by atoms with Gasteiger partial charge in [-0.15, -0.1) is 39.4 Å². The number of carbonyl (C=O) groups is 2. The van der Waals surface area contributed by atoms with Gasteiger partial charge in [0.15, 0.2) is 11.0 Å². The zero-order valence-corrected chi connectivity index (χ0v) is 23.0. The largest absolute Gasteiger partial charge is 0.465 e. The van der Waals surface area contributed by atoms with Crippen LogP contribution in [0, 0.1) is 12.7 Å². The van der Waals surface area contributed by atoms with Crippen LogP contribution in [0.1, 0.15) is 27.7 Å². The zero-order valence-electron chi connectivity index (χ0n) is 20.5. The van der Waals surface area contributed by atoms with Gasteiger partial charge in [-0.1, -0.05) is 36.9 Å². The number of nitrogens with zero attached hydrogens (tertiary/aromatic N) is 3. The Morgan fingerprint density at radius 1 is 1.19 bits per heavy atom. The number of thioether (sulfide) groups is 1. The van der Waals surface area contributed by atoms with Crippen molar-refractivity contribution >= 4 is 51.3 Å². The van der Waals surface area contributed by atoms with Gasteiger partial charge < -0.3 is 10.1 Å². The number of rotatable bonds is 10. The fraction of sp³-hybridized carbons (Fsp3) is 0.231. The Kier molecular flexibility index (Phi) is 8.57. The van der Waals surface area contributed by atoms with E-state index in [1.54, 1.807) is 34.9 Å². The summed E-state index contributed by atoms with van der Waals surface area (Å²) in [5.74, 6) is -0.464. The van der Waals surface area contributed by atoms with Crippen LogP contribution in [-0.4, -0.2) is 39.5 Å². The van der Waals surface area contributed by atoms with Crippen molar-refractivity contribution in [3.05, 3.63) is 69.5 Å². The van der Waals surface area contributed by atoms with Gasteiger partial charge in [0, 0.05) is 33.3 Å². The van der Waals surface area contributed by atoms with E-state index in [-0.39, 0.29) is 23.0 Å². The number of hydrogen-bond donors (Lipinski definition) is 1. The lowest BCUT2D eigenvalue weighted by molar-refractivity contribution is -0.113. The molecule has 1 N–H and O–H groups in total. The maximum absolute atomic E-state index is 13.4. The molecule has 0 aliphatic rings. The second kappa shape index (κ2) is 11.8. The van der Waals surface area contributed by atoms with Crippen LogP contribution in [-0.2, 0) is 22.5 Å². The molecule has 0 saturated heterocycles. The van der Waals surface area contributed by atoms with E-state index in [1.807, 2.05) is 4.57 Å². The Hall–Kier alpha value is -3.28. The van der Waals surface area contributed by atoms with Crippen molar-refractivity contribution < 1.29 is 18.7 Å². The van der Waals surface area contributed by atoms with Crippen LogP contribution in [0.3, 0.4) is 0 Å². The minimum Gasteiger partial charge on any atom is -0.465 e. The van der Waals surface area contributed by atoms with Crippen LogP contribution in [0.25, 0.3) is 22.5 Å². The first-order chi connectivity index (χ1) is 17.9. The van der Waals surface area contributed by atoms with Crippen molar-refractivity contribution in [3.63, 3.8) is 0 Å². The highest BCUT2D eigenvalue weighted by atomic mass is 32.2. The van der Waals surface area contributed by atoms with Gasteiger partial charge in [0.25, 0.3) is 0 Å². The Bertz CT molecular complexity index is 1440. The van der Waals surface area contributed by atoms with Gasteiger partial charge in [0.05, 0.1) is 12.9 Å². The van der Waals surface area contributed by atoms with Crippen LogP contribution in [0.5, 0.6) is 0 Å². The normalized spacial score (nSPS) is 10.9. The summed E-state index contributed by atoms with van der Waals surface area (Å²) in [6.45, 7) is 8.56. The number of benzene rings is 1. The Labute approximate surface area is 226 Å². The van der Waals surface area contributed by atoms with E-state index in [1.165, 1.54) is 52.8 Å². The lowest BCUT2D eigenvalue weighted by Crippen LogP contribution is -2.16. The second-order valence-electron chi connectivity index (χ2n) is 7.93. The SMILES string of the molecule is C=CCn1c(SCC(=O)Nc2scc(-c3ccc(F)cc3)c2C(=O)OC)nnc1-c1csc(C)c1CC. The maximum atomic E-state index is 13.4. The fourth-order valence-corrected chi connectivity index (χ4v) is 6.54. The zero-order chi connectivity index (χ0) is 26.5. The predicted molar refractivity (Wildman–Crippen MR) is 148 cm³/mol. The van der Waals surface area contributed by atoms with Crippen molar-refractivity contribution in [2.75, 3.05) is 18.2 Å². The van der Waals surface area contributed by atoms with Gasteiger partial charge in [-0.3, -0.25) is 9.36 Å². The molecule has 1 amide bonds. The molecule has 1 aromatic carbocycles. The molecule has 0 unspecified atom stereocenters. The van der Waals surface area contributed by atoms with Crippen molar-refractivity contribution in [2.24, 2.45) is 0 Å². The number of esters is 1. The molecule has 37 heavy (non-hydrogen) atoms. The molecule has 0 spiro atoms. The van der Waals surface area contributed by atoms with Crippen LogP contribution in [0.4, 0.5) is 9.39 Å². The Morgan fingerprint density at radius 2 is 1.92 bits per heavy atom. The third-order valence-corrected chi connectivity index (χ3v) is 8.46. The molecule has 0 bridgehead atoms. The van der Waals surface area contributed by atoms with E-state index in [9.17, 15) is 14.0 Å². The number of anilines is 1. The summed E-state index contributed by atoms with van der Waals surface area (Å²) in [6.07, 6.45) is 2.66. The molecule has 0 saturated carbocycles. The number of halogens is 1. The highest BCUT2D eigenvalue weighted by molar-refractivity contribution is 7.99. The number of allylic oxidation sites excluding steroid dienone is 1. The molecule has 4 rings (SSSR count). The molecule has 0 atom stereocenters. The standard InChI is InChI=1S/C26H25FN4O3S3/c1-5-11-31-23(20-13-35-15(3)18(20)6-2)29-30-26(31)37-14-21(32)28-24-22(25(33)34-4)19(12-36-24)16-7-9-17(27)10-8-16/h5,7-10,12-13H,1,6,11,14H2,2-4H3,(H,28,32). The van der Waals surface area contributed by atoms with E-state index in [0.717, 1.165) is 17.8 Å². The molecule has 0 aliphatic heterocycles. The molecule has 0 fully saturated rings. The van der Waals surface area contributed by atoms with Gasteiger partial charge in [0.1, 0.15) is 16.4 Å². The summed E-state index contributed by atoms with van der Waals surface area (Å²) in [7, 11) is 1.28. The first-order valence-corrected chi connectivity index (χ1v) is 14.1. The third kappa shape index (κ3) is 5.68. The van der Waals surface area contributed by atoms with Crippen molar-refractivity contribution in [1.29, 1.82) is 0 Å². The molecule has 11 heteroatoms. The quantitative estimate of drug-likeness (QED) is 0.137. The van der Waals surface area contributed by atoms with Crippen LogP contribution in [0.2, 0.25) is 0 Å². The van der Waals surface area contributed by atoms with E-state index >= 15 is 0 Å². The van der Waals surface area contributed by atoms with Crippen molar-refractivity contribution in [2.45, 2.75) is 32.0 Å². The number of thiophene rings is 2. The van der Waals surface area contributed by atoms with Gasteiger partial charge >= 0.3 is 5.97 Å². The van der Waals surface area contributed by atoms with Gasteiger partial charge in [-0.25, -0.2) is 9.18 Å². The third-order valence-electron chi connectivity index (χ3n) is 5.65. The monoisotopic (exact) mass is 556 g/mol. The van der Waals surface area contributed by atoms with E-state index in [2.05, 4.69) is 41.3 Å². The van der Waals surface area contributed by atoms with Gasteiger partial charge in [0.2, 0.25) is 5.91 Å². The summed E-state index contributed by atoms with van der Waals surface area (Å²) >= 11 is 4.14. The number of nitrogens with one attached hydrogen (secondary N) is 1. The molecule has 0 radical (unpaired) electrons.